The lowest BCUT2D eigenvalue weighted by molar-refractivity contribution is 0.340. The van der Waals surface area contributed by atoms with E-state index < -0.39 is 0 Å². The average molecular weight is 302 g/mol. The third kappa shape index (κ3) is 4.68. The number of anilines is 2. The molecule has 1 aromatic carbocycles. The van der Waals surface area contributed by atoms with Crippen LogP contribution in [0, 0.1) is 13.8 Å². The molecule has 1 aromatic heterocycles. The van der Waals surface area contributed by atoms with Crippen LogP contribution in [0.3, 0.4) is 0 Å². The van der Waals surface area contributed by atoms with Gasteiger partial charge in [-0.2, -0.15) is 0 Å². The summed E-state index contributed by atoms with van der Waals surface area (Å²) in [5.74, 6) is 1.33. The van der Waals surface area contributed by atoms with E-state index in [9.17, 15) is 0 Å². The first-order chi connectivity index (χ1) is 10.1. The summed E-state index contributed by atoms with van der Waals surface area (Å²) in [5.41, 5.74) is 2.67. The summed E-state index contributed by atoms with van der Waals surface area (Å²) in [6.07, 6.45) is 0. The molecule has 0 aliphatic heterocycles. The highest BCUT2D eigenvalue weighted by Gasteiger charge is 2.03. The second kappa shape index (κ2) is 6.99. The predicted octanol–water partition coefficient (Wildman–Crippen LogP) is 3.30. The van der Waals surface area contributed by atoms with Crippen LogP contribution >= 0.6 is 12.2 Å². The molecule has 0 aliphatic carbocycles. The van der Waals surface area contributed by atoms with Gasteiger partial charge in [-0.25, -0.2) is 9.97 Å². The number of hydrogen-bond donors (Lipinski definition) is 2. The quantitative estimate of drug-likeness (QED) is 0.845. The Morgan fingerprint density at radius 3 is 2.29 bits per heavy atom. The molecular weight excluding hydrogens is 284 g/mol. The van der Waals surface area contributed by atoms with E-state index in [4.69, 9.17) is 17.0 Å². The minimum Gasteiger partial charge on any atom is -0.494 e. The summed E-state index contributed by atoms with van der Waals surface area (Å²) in [6, 6.07) is 9.50. The van der Waals surface area contributed by atoms with Crippen LogP contribution in [-0.4, -0.2) is 21.7 Å². The van der Waals surface area contributed by atoms with Gasteiger partial charge in [0.15, 0.2) is 5.11 Å². The van der Waals surface area contributed by atoms with E-state index in [1.807, 2.05) is 51.1 Å². The number of nitrogens with zero attached hydrogens (tertiary/aromatic N) is 2. The topological polar surface area (TPSA) is 59.1 Å². The molecule has 2 N–H and O–H groups in total. The van der Waals surface area contributed by atoms with Crippen LogP contribution in [0.25, 0.3) is 0 Å². The molecule has 0 spiro atoms. The van der Waals surface area contributed by atoms with Crippen molar-refractivity contribution in [3.63, 3.8) is 0 Å². The summed E-state index contributed by atoms with van der Waals surface area (Å²) in [4.78, 5) is 8.57. The lowest BCUT2D eigenvalue weighted by Crippen LogP contribution is -2.20. The van der Waals surface area contributed by atoms with Gasteiger partial charge in [-0.05, 0) is 63.3 Å². The maximum atomic E-state index is 5.39. The van der Waals surface area contributed by atoms with Crippen LogP contribution in [0.4, 0.5) is 11.6 Å². The van der Waals surface area contributed by atoms with E-state index in [2.05, 4.69) is 20.6 Å². The van der Waals surface area contributed by atoms with Gasteiger partial charge in [0.2, 0.25) is 5.95 Å². The van der Waals surface area contributed by atoms with Crippen LogP contribution in [0.5, 0.6) is 5.75 Å². The summed E-state index contributed by atoms with van der Waals surface area (Å²) in [7, 11) is 0. The van der Waals surface area contributed by atoms with Crippen LogP contribution in [0.15, 0.2) is 30.3 Å². The third-order valence-corrected chi connectivity index (χ3v) is 2.83. The minimum atomic E-state index is 0.448. The SMILES string of the molecule is CCOc1ccc(NC(=S)Nc2nc(C)cc(C)n2)cc1. The monoisotopic (exact) mass is 302 g/mol. The summed E-state index contributed by atoms with van der Waals surface area (Å²) < 4.78 is 5.39. The van der Waals surface area contributed by atoms with E-state index in [0.29, 0.717) is 17.7 Å². The first-order valence-electron chi connectivity index (χ1n) is 6.70. The van der Waals surface area contributed by atoms with Gasteiger partial charge < -0.3 is 15.4 Å². The average Bonchev–Trinajstić information content (AvgIpc) is 2.40. The van der Waals surface area contributed by atoms with E-state index in [1.165, 1.54) is 0 Å². The van der Waals surface area contributed by atoms with Crippen LogP contribution in [-0.2, 0) is 0 Å². The normalized spacial score (nSPS) is 10.0. The maximum Gasteiger partial charge on any atom is 0.229 e. The van der Waals surface area contributed by atoms with Crippen molar-refractivity contribution < 1.29 is 4.74 Å². The Balaban J connectivity index is 1.97. The van der Waals surface area contributed by atoms with Crippen molar-refractivity contribution in [1.29, 1.82) is 0 Å². The first-order valence-corrected chi connectivity index (χ1v) is 7.11. The number of aryl methyl sites for hydroxylation is 2. The maximum absolute atomic E-state index is 5.39. The van der Waals surface area contributed by atoms with Gasteiger partial charge in [0.05, 0.1) is 6.61 Å². The largest absolute Gasteiger partial charge is 0.494 e. The molecule has 0 amide bonds. The van der Waals surface area contributed by atoms with Crippen molar-refractivity contribution in [3.05, 3.63) is 41.7 Å². The Hall–Kier alpha value is -2.21. The molecule has 2 aromatic rings. The van der Waals surface area contributed by atoms with Crippen molar-refractivity contribution in [2.24, 2.45) is 0 Å². The van der Waals surface area contributed by atoms with E-state index >= 15 is 0 Å². The van der Waals surface area contributed by atoms with Crippen LogP contribution in [0.1, 0.15) is 18.3 Å². The van der Waals surface area contributed by atoms with Crippen molar-refractivity contribution in [3.8, 4) is 5.75 Å². The van der Waals surface area contributed by atoms with E-state index in [-0.39, 0.29) is 0 Å². The van der Waals surface area contributed by atoms with Gasteiger partial charge in [-0.1, -0.05) is 0 Å². The molecule has 2 rings (SSSR count). The molecule has 0 aliphatic rings. The molecule has 0 unspecified atom stereocenters. The number of hydrogen-bond acceptors (Lipinski definition) is 4. The highest BCUT2D eigenvalue weighted by Crippen LogP contribution is 2.15. The second-order valence-corrected chi connectivity index (χ2v) is 4.92. The number of rotatable bonds is 4. The van der Waals surface area contributed by atoms with E-state index in [0.717, 1.165) is 22.8 Å². The number of aromatic nitrogens is 2. The number of ether oxygens (including phenoxy) is 1. The molecule has 0 radical (unpaired) electrons. The molecule has 0 atom stereocenters. The fourth-order valence-corrected chi connectivity index (χ4v) is 2.06. The highest BCUT2D eigenvalue weighted by molar-refractivity contribution is 7.80. The van der Waals surface area contributed by atoms with Gasteiger partial charge in [0.25, 0.3) is 0 Å². The lowest BCUT2D eigenvalue weighted by Gasteiger charge is -2.11. The van der Waals surface area contributed by atoms with Crippen molar-refractivity contribution >= 4 is 29.0 Å². The Morgan fingerprint density at radius 2 is 1.71 bits per heavy atom. The van der Waals surface area contributed by atoms with E-state index in [1.54, 1.807) is 0 Å². The standard InChI is InChI=1S/C15H18N4OS/c1-4-20-13-7-5-12(6-8-13)18-15(21)19-14-16-10(2)9-11(3)17-14/h5-9H,4H2,1-3H3,(H2,16,17,18,19,21). The molecule has 0 fully saturated rings. The number of thiocarbonyl (C=S) groups is 1. The molecule has 0 bridgehead atoms. The molecule has 0 saturated carbocycles. The van der Waals surface area contributed by atoms with Crippen molar-refractivity contribution in [2.45, 2.75) is 20.8 Å². The molecular formula is C15H18N4OS. The van der Waals surface area contributed by atoms with Gasteiger partial charge in [0.1, 0.15) is 5.75 Å². The zero-order valence-corrected chi connectivity index (χ0v) is 13.1. The van der Waals surface area contributed by atoms with Crippen molar-refractivity contribution in [2.75, 3.05) is 17.2 Å². The highest BCUT2D eigenvalue weighted by atomic mass is 32.1. The summed E-state index contributed by atoms with van der Waals surface area (Å²) in [5, 5.41) is 6.51. The number of nitrogens with one attached hydrogen (secondary N) is 2. The summed E-state index contributed by atoms with van der Waals surface area (Å²) >= 11 is 5.26. The third-order valence-electron chi connectivity index (χ3n) is 2.63. The van der Waals surface area contributed by atoms with Crippen molar-refractivity contribution in [1.82, 2.24) is 9.97 Å². The fourth-order valence-electron chi connectivity index (χ4n) is 1.85. The zero-order valence-electron chi connectivity index (χ0n) is 12.3. The Labute approximate surface area is 129 Å². The number of benzene rings is 1. The Bertz CT molecular complexity index is 608. The zero-order chi connectivity index (χ0) is 15.2. The molecule has 110 valence electrons. The van der Waals surface area contributed by atoms with Crippen LogP contribution in [0.2, 0.25) is 0 Å². The van der Waals surface area contributed by atoms with Gasteiger partial charge in [0, 0.05) is 17.1 Å². The van der Waals surface area contributed by atoms with Gasteiger partial charge in [-0.3, -0.25) is 0 Å². The minimum absolute atomic E-state index is 0.448. The summed E-state index contributed by atoms with van der Waals surface area (Å²) in [6.45, 7) is 6.44. The predicted molar refractivity (Wildman–Crippen MR) is 89.0 cm³/mol. The Kier molecular flexibility index (Phi) is 5.05. The molecule has 1 heterocycles. The lowest BCUT2D eigenvalue weighted by atomic mass is 10.3. The Morgan fingerprint density at radius 1 is 1.10 bits per heavy atom. The second-order valence-electron chi connectivity index (χ2n) is 4.51. The molecule has 6 heteroatoms. The van der Waals surface area contributed by atoms with Crippen LogP contribution < -0.4 is 15.4 Å². The fraction of sp³-hybridized carbons (Fsp3) is 0.267. The van der Waals surface area contributed by atoms with Gasteiger partial charge in [-0.15, -0.1) is 0 Å². The molecule has 21 heavy (non-hydrogen) atoms. The molecule has 5 nitrogen and oxygen atoms in total. The van der Waals surface area contributed by atoms with Gasteiger partial charge >= 0.3 is 0 Å². The smallest absolute Gasteiger partial charge is 0.229 e. The molecule has 0 saturated heterocycles. The first kappa shape index (κ1) is 15.2.